The van der Waals surface area contributed by atoms with Gasteiger partial charge in [-0.2, -0.15) is 0 Å². The Labute approximate surface area is 106 Å². The zero-order chi connectivity index (χ0) is 9.40. The van der Waals surface area contributed by atoms with Crippen LogP contribution in [0.1, 0.15) is 33.1 Å². The summed E-state index contributed by atoms with van der Waals surface area (Å²) in [5, 5.41) is 2.65. The summed E-state index contributed by atoms with van der Waals surface area (Å²) < 4.78 is 4.88. The molecular weight excluding hydrogens is 243 g/mol. The largest absolute Gasteiger partial charge is 0.479 e. The van der Waals surface area contributed by atoms with Crippen molar-refractivity contribution >= 4 is 6.09 Å². The van der Waals surface area contributed by atoms with Crippen molar-refractivity contribution in [1.29, 1.82) is 0 Å². The molecule has 3 nitrogen and oxygen atoms in total. The van der Waals surface area contributed by atoms with Gasteiger partial charge in [0.25, 0.3) is 0 Å². The van der Waals surface area contributed by atoms with Crippen LogP contribution in [0.25, 0.3) is 0 Å². The zero-order valence-corrected chi connectivity index (χ0v) is 11.3. The second-order valence-corrected chi connectivity index (χ2v) is 2.72. The maximum Gasteiger partial charge on any atom is 0.404 e. The second-order valence-electron chi connectivity index (χ2n) is 2.72. The number of unbranched alkanes of at least 4 members (excludes halogenated alkanes) is 1. The number of hydrogen-bond donors (Lipinski definition) is 1. The summed E-state index contributed by atoms with van der Waals surface area (Å²) in [6.45, 7) is 8.33. The molecule has 75 valence electrons. The van der Waals surface area contributed by atoms with Crippen LogP contribution in [-0.4, -0.2) is 18.7 Å². The molecule has 0 aromatic heterocycles. The van der Waals surface area contributed by atoms with Crippen molar-refractivity contribution in [3.8, 4) is 0 Å². The van der Waals surface area contributed by atoms with Gasteiger partial charge in [-0.25, -0.2) is 4.79 Å². The third-order valence-corrected chi connectivity index (χ3v) is 1.53. The van der Waals surface area contributed by atoms with E-state index in [0.29, 0.717) is 6.54 Å². The van der Waals surface area contributed by atoms with Crippen molar-refractivity contribution in [3.63, 3.8) is 0 Å². The minimum absolute atomic E-state index is 0. The monoisotopic (exact) mass is 261 g/mol. The molecule has 1 amide bonds. The normalized spacial score (nSPS) is 11.3. The van der Waals surface area contributed by atoms with E-state index in [1.54, 1.807) is 0 Å². The van der Waals surface area contributed by atoms with Crippen molar-refractivity contribution in [1.82, 2.24) is 5.32 Å². The van der Waals surface area contributed by atoms with Crippen LogP contribution in [0.15, 0.2) is 0 Å². The number of carbonyl (C=O) groups is 1. The Balaban J connectivity index is 0. The van der Waals surface area contributed by atoms with Crippen LogP contribution >= 0.6 is 0 Å². The molecule has 0 heterocycles. The Bertz CT molecular complexity index is 131. The molecule has 0 aliphatic heterocycles. The molecule has 0 aromatic rings. The first-order valence-corrected chi connectivity index (χ1v) is 4.48. The molecule has 0 saturated heterocycles. The second kappa shape index (κ2) is 10.5. The van der Waals surface area contributed by atoms with Crippen LogP contribution in [-0.2, 0) is 37.4 Å². The fourth-order valence-electron chi connectivity index (χ4n) is 0.644. The van der Waals surface area contributed by atoms with Crippen molar-refractivity contribution < 1.29 is 42.2 Å². The van der Waals surface area contributed by atoms with E-state index in [1.165, 1.54) is 0 Å². The van der Waals surface area contributed by atoms with Gasteiger partial charge in [0.1, 0.15) is 0 Å². The van der Waals surface area contributed by atoms with E-state index in [9.17, 15) is 4.79 Å². The molecule has 13 heavy (non-hydrogen) atoms. The minimum atomic E-state index is -0.356. The Hall–Kier alpha value is 0.374. The molecule has 1 N–H and O–H groups in total. The predicted octanol–water partition coefficient (Wildman–Crippen LogP) is 2.12. The minimum Gasteiger partial charge on any atom is -0.479 e. The molecule has 0 rings (SSSR count). The standard InChI is InChI=1S/C9H18NO2.Y/c1-4-6-7-10-9(11)12-8(3)5-2;/h8H,3-7H2,1-2H3,(H,10,11);/q-1;. The molecule has 0 bridgehead atoms. The predicted molar refractivity (Wildman–Crippen MR) is 48.8 cm³/mol. The molecule has 0 aliphatic carbocycles. The third kappa shape index (κ3) is 10.3. The number of ether oxygens (including phenoxy) is 1. The van der Waals surface area contributed by atoms with Crippen molar-refractivity contribution in [2.24, 2.45) is 0 Å². The van der Waals surface area contributed by atoms with Crippen molar-refractivity contribution in [3.05, 3.63) is 6.92 Å². The molecule has 0 aromatic carbocycles. The zero-order valence-electron chi connectivity index (χ0n) is 8.51. The first kappa shape index (κ1) is 15.8. The molecule has 1 radical (unpaired) electrons. The van der Waals surface area contributed by atoms with Crippen LogP contribution in [0.4, 0.5) is 4.79 Å². The fourth-order valence-corrected chi connectivity index (χ4v) is 0.644. The van der Waals surface area contributed by atoms with E-state index in [1.807, 2.05) is 6.92 Å². The number of nitrogens with one attached hydrogen (secondary N) is 1. The van der Waals surface area contributed by atoms with Gasteiger partial charge in [-0.3, -0.25) is 0 Å². The van der Waals surface area contributed by atoms with Crippen LogP contribution < -0.4 is 5.32 Å². The first-order valence-electron chi connectivity index (χ1n) is 4.48. The Morgan fingerprint density at radius 1 is 1.54 bits per heavy atom. The van der Waals surface area contributed by atoms with Gasteiger partial charge in [-0.05, 0) is 18.9 Å². The Kier molecular flexibility index (Phi) is 12.7. The van der Waals surface area contributed by atoms with Crippen LogP contribution in [0.2, 0.25) is 0 Å². The average Bonchev–Trinajstić information content (AvgIpc) is 2.05. The van der Waals surface area contributed by atoms with Gasteiger partial charge in [0.15, 0.2) is 0 Å². The summed E-state index contributed by atoms with van der Waals surface area (Å²) in [6, 6.07) is 0. The average molecular weight is 261 g/mol. The first-order chi connectivity index (χ1) is 5.70. The maximum absolute atomic E-state index is 10.9. The number of hydrogen-bond acceptors (Lipinski definition) is 2. The number of rotatable bonds is 5. The summed E-state index contributed by atoms with van der Waals surface area (Å²) in [7, 11) is 0. The molecule has 0 spiro atoms. The number of amides is 1. The quantitative estimate of drug-likeness (QED) is 0.608. The van der Waals surface area contributed by atoms with Gasteiger partial charge in [0.2, 0.25) is 0 Å². The van der Waals surface area contributed by atoms with E-state index >= 15 is 0 Å². The van der Waals surface area contributed by atoms with Gasteiger partial charge in [-0.15, -0.1) is 0 Å². The van der Waals surface area contributed by atoms with Gasteiger partial charge in [0, 0.05) is 39.3 Å². The molecule has 0 saturated carbocycles. The molecule has 0 fully saturated rings. The van der Waals surface area contributed by atoms with Gasteiger partial charge in [0.05, 0.1) is 0 Å². The third-order valence-electron chi connectivity index (χ3n) is 1.53. The fraction of sp³-hybridized carbons (Fsp3) is 0.778. The SMILES string of the molecule is [CH2-]C(CC)OC(=O)NCCCC.[Y]. The summed E-state index contributed by atoms with van der Waals surface area (Å²) in [6.07, 6.45) is 2.23. The summed E-state index contributed by atoms with van der Waals surface area (Å²) >= 11 is 0. The molecule has 4 heteroatoms. The maximum atomic E-state index is 10.9. The van der Waals surface area contributed by atoms with Crippen LogP contribution in [0.5, 0.6) is 0 Å². The van der Waals surface area contributed by atoms with Gasteiger partial charge < -0.3 is 17.0 Å². The number of carbonyl (C=O) groups excluding carboxylic acids is 1. The topological polar surface area (TPSA) is 38.3 Å². The molecule has 1 atom stereocenters. The summed E-state index contributed by atoms with van der Waals surface area (Å²) in [5.41, 5.74) is 0. The van der Waals surface area contributed by atoms with E-state index < -0.39 is 0 Å². The molecular formula is C9H18NO2Y-. The van der Waals surface area contributed by atoms with Gasteiger partial charge >= 0.3 is 6.09 Å². The Morgan fingerprint density at radius 3 is 2.62 bits per heavy atom. The van der Waals surface area contributed by atoms with E-state index in [4.69, 9.17) is 4.74 Å². The van der Waals surface area contributed by atoms with Gasteiger partial charge in [-0.1, -0.05) is 20.3 Å². The molecule has 1 unspecified atom stereocenters. The van der Waals surface area contributed by atoms with Crippen LogP contribution in [0, 0.1) is 6.92 Å². The van der Waals surface area contributed by atoms with E-state index in [2.05, 4.69) is 19.2 Å². The summed E-state index contributed by atoms with van der Waals surface area (Å²) in [5.74, 6) is 0. The van der Waals surface area contributed by atoms with E-state index in [-0.39, 0.29) is 44.9 Å². The smallest absolute Gasteiger partial charge is 0.404 e. The van der Waals surface area contributed by atoms with E-state index in [0.717, 1.165) is 19.3 Å². The van der Waals surface area contributed by atoms with Crippen molar-refractivity contribution in [2.75, 3.05) is 6.54 Å². The Morgan fingerprint density at radius 2 is 2.15 bits per heavy atom. The van der Waals surface area contributed by atoms with Crippen molar-refractivity contribution in [2.45, 2.75) is 39.2 Å². The molecule has 0 aliphatic rings. The van der Waals surface area contributed by atoms with Crippen LogP contribution in [0.3, 0.4) is 0 Å². The summed E-state index contributed by atoms with van der Waals surface area (Å²) in [4.78, 5) is 10.9. The number of alkyl carbamates (subject to hydrolysis) is 1.